The molecule has 1 fully saturated rings. The van der Waals surface area contributed by atoms with Gasteiger partial charge in [0, 0.05) is 18.2 Å². The fraction of sp³-hybridized carbons (Fsp3) is 0.438. The smallest absolute Gasteiger partial charge is 0.308 e. The third kappa shape index (κ3) is 3.04. The van der Waals surface area contributed by atoms with Crippen molar-refractivity contribution in [3.05, 3.63) is 29.1 Å². The molecule has 2 aliphatic rings. The van der Waals surface area contributed by atoms with Crippen LogP contribution in [-0.2, 0) is 16.0 Å². The third-order valence-corrected chi connectivity index (χ3v) is 4.48. The lowest BCUT2D eigenvalue weighted by molar-refractivity contribution is -0.142. The lowest BCUT2D eigenvalue weighted by atomic mass is 9.98. The van der Waals surface area contributed by atoms with Crippen LogP contribution < -0.4 is 10.6 Å². The molecule has 1 saturated carbocycles. The normalized spacial score (nSPS) is 23.1. The standard InChI is InChI=1S/C16H17FN2O4/c17-11-7-13-8(4-5-14(20)18-13)6-10(11)15(21)19-12-3-1-2-9(12)16(22)23/h6-7,9,12H,1-5H2,(H,18,20)(H,19,21)(H,22,23)/t9-,12+/m1/s1. The first-order chi connectivity index (χ1) is 11.0. The molecular weight excluding hydrogens is 303 g/mol. The van der Waals surface area contributed by atoms with Gasteiger partial charge in [-0.25, -0.2) is 4.39 Å². The summed E-state index contributed by atoms with van der Waals surface area (Å²) in [6, 6.07) is 2.10. The van der Waals surface area contributed by atoms with Crippen molar-refractivity contribution in [2.24, 2.45) is 5.92 Å². The molecule has 2 atom stereocenters. The maximum atomic E-state index is 14.2. The van der Waals surface area contributed by atoms with E-state index in [4.69, 9.17) is 5.11 Å². The first-order valence-corrected chi connectivity index (χ1v) is 7.61. The Balaban J connectivity index is 1.80. The van der Waals surface area contributed by atoms with E-state index in [1.807, 2.05) is 0 Å². The second-order valence-electron chi connectivity index (χ2n) is 5.99. The highest BCUT2D eigenvalue weighted by Crippen LogP contribution is 2.28. The quantitative estimate of drug-likeness (QED) is 0.790. The van der Waals surface area contributed by atoms with E-state index in [-0.39, 0.29) is 11.5 Å². The van der Waals surface area contributed by atoms with E-state index < -0.39 is 29.7 Å². The van der Waals surface area contributed by atoms with Crippen LogP contribution in [0.4, 0.5) is 10.1 Å². The molecule has 0 spiro atoms. The topological polar surface area (TPSA) is 95.5 Å². The lowest BCUT2D eigenvalue weighted by Crippen LogP contribution is -2.40. The van der Waals surface area contributed by atoms with Gasteiger partial charge in [0.25, 0.3) is 5.91 Å². The first kappa shape index (κ1) is 15.5. The van der Waals surface area contributed by atoms with Crippen LogP contribution in [0.3, 0.4) is 0 Å². The summed E-state index contributed by atoms with van der Waals surface area (Å²) in [7, 11) is 0. The monoisotopic (exact) mass is 320 g/mol. The highest BCUT2D eigenvalue weighted by atomic mass is 19.1. The molecule has 1 aromatic carbocycles. The Kier molecular flexibility index (Phi) is 4.02. The maximum Gasteiger partial charge on any atom is 0.308 e. The number of carboxylic acids is 1. The Morgan fingerprint density at radius 3 is 2.78 bits per heavy atom. The molecule has 0 unspecified atom stereocenters. The summed E-state index contributed by atoms with van der Waals surface area (Å²) in [6.07, 6.45) is 2.55. The summed E-state index contributed by atoms with van der Waals surface area (Å²) in [5.41, 5.74) is 0.980. The van der Waals surface area contributed by atoms with Crippen molar-refractivity contribution in [2.45, 2.75) is 38.1 Å². The number of hydrogen-bond donors (Lipinski definition) is 3. The molecule has 0 radical (unpaired) electrons. The maximum absolute atomic E-state index is 14.2. The van der Waals surface area contributed by atoms with Gasteiger partial charge in [-0.1, -0.05) is 6.42 Å². The van der Waals surface area contributed by atoms with Crippen molar-refractivity contribution in [3.8, 4) is 0 Å². The predicted molar refractivity (Wildman–Crippen MR) is 79.6 cm³/mol. The highest BCUT2D eigenvalue weighted by molar-refractivity contribution is 5.98. The highest BCUT2D eigenvalue weighted by Gasteiger charge is 2.34. The molecule has 3 N–H and O–H groups in total. The summed E-state index contributed by atoms with van der Waals surface area (Å²) in [4.78, 5) is 34.8. The number of aliphatic carboxylic acids is 1. The van der Waals surface area contributed by atoms with Crippen molar-refractivity contribution >= 4 is 23.5 Å². The number of amides is 2. The molecule has 6 nitrogen and oxygen atoms in total. The van der Waals surface area contributed by atoms with E-state index in [1.54, 1.807) is 0 Å². The number of rotatable bonds is 3. The van der Waals surface area contributed by atoms with Crippen molar-refractivity contribution < 1.29 is 23.9 Å². The minimum absolute atomic E-state index is 0.115. The third-order valence-electron chi connectivity index (χ3n) is 4.48. The molecule has 23 heavy (non-hydrogen) atoms. The first-order valence-electron chi connectivity index (χ1n) is 7.61. The number of aryl methyl sites for hydroxylation is 1. The molecule has 0 saturated heterocycles. The van der Waals surface area contributed by atoms with Crippen molar-refractivity contribution in [3.63, 3.8) is 0 Å². The van der Waals surface area contributed by atoms with Gasteiger partial charge in [-0.15, -0.1) is 0 Å². The van der Waals surface area contributed by atoms with E-state index in [0.29, 0.717) is 36.9 Å². The van der Waals surface area contributed by atoms with Gasteiger partial charge in [-0.2, -0.15) is 0 Å². The number of carbonyl (C=O) groups is 3. The van der Waals surface area contributed by atoms with Gasteiger partial charge in [-0.05, 0) is 37.0 Å². The van der Waals surface area contributed by atoms with Gasteiger partial charge in [0.1, 0.15) is 5.82 Å². The molecule has 3 rings (SSSR count). The number of nitrogens with one attached hydrogen (secondary N) is 2. The molecule has 1 aliphatic carbocycles. The average molecular weight is 320 g/mol. The summed E-state index contributed by atoms with van der Waals surface area (Å²) in [5, 5.41) is 14.3. The summed E-state index contributed by atoms with van der Waals surface area (Å²) >= 11 is 0. The summed E-state index contributed by atoms with van der Waals surface area (Å²) in [5.74, 6) is -3.08. The predicted octanol–water partition coefficient (Wildman–Crippen LogP) is 1.69. The molecular formula is C16H17FN2O4. The van der Waals surface area contributed by atoms with Gasteiger partial charge in [0.15, 0.2) is 0 Å². The van der Waals surface area contributed by atoms with E-state index in [2.05, 4.69) is 10.6 Å². The van der Waals surface area contributed by atoms with E-state index in [0.717, 1.165) is 12.5 Å². The Morgan fingerprint density at radius 1 is 1.26 bits per heavy atom. The van der Waals surface area contributed by atoms with Crippen molar-refractivity contribution in [1.82, 2.24) is 5.32 Å². The molecule has 7 heteroatoms. The molecule has 122 valence electrons. The van der Waals surface area contributed by atoms with Crippen molar-refractivity contribution in [2.75, 3.05) is 5.32 Å². The van der Waals surface area contributed by atoms with Crippen molar-refractivity contribution in [1.29, 1.82) is 0 Å². The number of halogens is 1. The van der Waals surface area contributed by atoms with Crippen LogP contribution >= 0.6 is 0 Å². The van der Waals surface area contributed by atoms with E-state index in [9.17, 15) is 18.8 Å². The number of anilines is 1. The number of fused-ring (bicyclic) bond motifs is 1. The zero-order chi connectivity index (χ0) is 16.6. The largest absolute Gasteiger partial charge is 0.481 e. The second kappa shape index (κ2) is 5.98. The molecule has 0 aromatic heterocycles. The van der Waals surface area contributed by atoms with Gasteiger partial charge in [0.05, 0.1) is 11.5 Å². The van der Waals surface area contributed by atoms with Crippen LogP contribution in [0.2, 0.25) is 0 Å². The van der Waals surface area contributed by atoms with Gasteiger partial charge in [-0.3, -0.25) is 14.4 Å². The van der Waals surface area contributed by atoms with Gasteiger partial charge >= 0.3 is 5.97 Å². The number of hydrogen-bond acceptors (Lipinski definition) is 3. The zero-order valence-electron chi connectivity index (χ0n) is 12.4. The van der Waals surface area contributed by atoms with Crippen LogP contribution in [0.25, 0.3) is 0 Å². The van der Waals surface area contributed by atoms with E-state index >= 15 is 0 Å². The summed E-state index contributed by atoms with van der Waals surface area (Å²) in [6.45, 7) is 0. The van der Waals surface area contributed by atoms with Gasteiger partial charge < -0.3 is 15.7 Å². The van der Waals surface area contributed by atoms with Crippen LogP contribution in [0, 0.1) is 11.7 Å². The molecule has 2 amide bonds. The lowest BCUT2D eigenvalue weighted by Gasteiger charge is -2.20. The number of carboxylic acid groups (broad SMARTS) is 1. The van der Waals surface area contributed by atoms with E-state index in [1.165, 1.54) is 6.07 Å². The summed E-state index contributed by atoms with van der Waals surface area (Å²) < 4.78 is 14.2. The Labute approximate surface area is 132 Å². The molecule has 1 aliphatic heterocycles. The minimum Gasteiger partial charge on any atom is -0.481 e. The molecule has 0 bridgehead atoms. The van der Waals surface area contributed by atoms with Crippen LogP contribution in [-0.4, -0.2) is 28.9 Å². The Hall–Kier alpha value is -2.44. The average Bonchev–Trinajstić information content (AvgIpc) is 2.94. The van der Waals surface area contributed by atoms with Gasteiger partial charge in [0.2, 0.25) is 5.91 Å². The van der Waals surface area contributed by atoms with Crippen LogP contribution in [0.5, 0.6) is 0 Å². The second-order valence-corrected chi connectivity index (χ2v) is 5.99. The number of carbonyl (C=O) groups excluding carboxylic acids is 2. The fourth-order valence-electron chi connectivity index (χ4n) is 3.25. The SMILES string of the molecule is O=C1CCc2cc(C(=O)N[C@H]3CCC[C@H]3C(=O)O)c(F)cc2N1. The Morgan fingerprint density at radius 2 is 2.04 bits per heavy atom. The fourth-order valence-corrected chi connectivity index (χ4v) is 3.25. The molecule has 1 heterocycles. The number of benzene rings is 1. The Bertz CT molecular complexity index is 689. The molecule has 1 aromatic rings. The zero-order valence-corrected chi connectivity index (χ0v) is 12.4. The minimum atomic E-state index is -0.943. The van der Waals surface area contributed by atoms with Crippen LogP contribution in [0.1, 0.15) is 41.6 Å². The van der Waals surface area contributed by atoms with Crippen LogP contribution in [0.15, 0.2) is 12.1 Å².